The van der Waals surface area contributed by atoms with Crippen molar-refractivity contribution in [2.24, 2.45) is 0 Å². The predicted octanol–water partition coefficient (Wildman–Crippen LogP) is 0.750. The normalized spacial score (nSPS) is 10.5. The molecular weight excluding hydrogens is 206 g/mol. The molecule has 1 aromatic rings. The van der Waals surface area contributed by atoms with Crippen LogP contribution in [0.5, 0.6) is 0 Å². The highest BCUT2D eigenvalue weighted by Gasteiger charge is 2.08. The lowest BCUT2D eigenvalue weighted by molar-refractivity contribution is 0.205. The molecule has 5 heteroatoms. The van der Waals surface area contributed by atoms with Gasteiger partial charge in [-0.2, -0.15) is 0 Å². The van der Waals surface area contributed by atoms with Crippen molar-refractivity contribution in [3.63, 3.8) is 0 Å². The first kappa shape index (κ1) is 12.9. The van der Waals surface area contributed by atoms with E-state index in [1.54, 1.807) is 13.3 Å². The molecule has 5 nitrogen and oxygen atoms in total. The van der Waals surface area contributed by atoms with Gasteiger partial charge in [0, 0.05) is 37.7 Å². The molecule has 0 atom stereocenters. The first-order valence-electron chi connectivity index (χ1n) is 5.40. The summed E-state index contributed by atoms with van der Waals surface area (Å²) in [6.07, 6.45) is 1.67. The number of rotatable bonds is 6. The number of nitrogens with zero attached hydrogens (tertiary/aromatic N) is 3. The summed E-state index contributed by atoms with van der Waals surface area (Å²) in [5, 5.41) is 9.03. The Labute approximate surface area is 96.1 Å². The van der Waals surface area contributed by atoms with E-state index in [-0.39, 0.29) is 6.61 Å². The summed E-state index contributed by atoms with van der Waals surface area (Å²) in [6, 6.07) is 0. The predicted molar refractivity (Wildman–Crippen MR) is 62.5 cm³/mol. The number of aliphatic hydroxyl groups is 1. The Kier molecular flexibility index (Phi) is 5.14. The summed E-state index contributed by atoms with van der Waals surface area (Å²) in [6.45, 7) is 6.16. The van der Waals surface area contributed by atoms with Crippen LogP contribution in [0.25, 0.3) is 0 Å². The highest BCUT2D eigenvalue weighted by molar-refractivity contribution is 5.32. The van der Waals surface area contributed by atoms with Gasteiger partial charge in [-0.15, -0.1) is 0 Å². The second-order valence-electron chi connectivity index (χ2n) is 3.51. The van der Waals surface area contributed by atoms with E-state index in [1.165, 1.54) is 0 Å². The molecule has 0 radical (unpaired) electrons. The van der Waals surface area contributed by atoms with E-state index in [0.29, 0.717) is 12.6 Å². The van der Waals surface area contributed by atoms with Crippen molar-refractivity contribution < 1.29 is 9.84 Å². The number of hydrogen-bond donors (Lipinski definition) is 1. The smallest absolute Gasteiger partial charge is 0.225 e. The molecule has 0 aliphatic heterocycles. The SMILES string of the molecule is CCN(CCOC)c1ncc(CO)c(C)n1. The Hall–Kier alpha value is -1.20. The number of likely N-dealkylation sites (N-methyl/N-ethyl adjacent to an activating group) is 1. The second-order valence-corrected chi connectivity index (χ2v) is 3.51. The van der Waals surface area contributed by atoms with Crippen molar-refractivity contribution in [2.75, 3.05) is 31.7 Å². The topological polar surface area (TPSA) is 58.5 Å². The first-order chi connectivity index (χ1) is 7.72. The van der Waals surface area contributed by atoms with Crippen molar-refractivity contribution in [3.05, 3.63) is 17.5 Å². The Morgan fingerprint density at radius 1 is 1.50 bits per heavy atom. The molecule has 0 saturated heterocycles. The third kappa shape index (κ3) is 3.15. The minimum atomic E-state index is -0.0176. The third-order valence-corrected chi connectivity index (χ3v) is 2.47. The summed E-state index contributed by atoms with van der Waals surface area (Å²) >= 11 is 0. The van der Waals surface area contributed by atoms with Crippen molar-refractivity contribution in [1.82, 2.24) is 9.97 Å². The molecule has 0 amide bonds. The molecule has 0 aliphatic rings. The van der Waals surface area contributed by atoms with Crippen LogP contribution in [0.2, 0.25) is 0 Å². The number of aliphatic hydroxyl groups excluding tert-OH is 1. The standard InChI is InChI=1S/C11H19N3O2/c1-4-14(5-6-16-3)11-12-7-10(8-15)9(2)13-11/h7,15H,4-6,8H2,1-3H3. The van der Waals surface area contributed by atoms with Gasteiger partial charge in [-0.1, -0.05) is 0 Å². The molecule has 0 aromatic carbocycles. The molecule has 1 aromatic heterocycles. The summed E-state index contributed by atoms with van der Waals surface area (Å²) in [5.74, 6) is 0.689. The summed E-state index contributed by atoms with van der Waals surface area (Å²) in [4.78, 5) is 10.6. The van der Waals surface area contributed by atoms with Gasteiger partial charge in [0.2, 0.25) is 5.95 Å². The molecule has 16 heavy (non-hydrogen) atoms. The quantitative estimate of drug-likeness (QED) is 0.774. The van der Waals surface area contributed by atoms with Crippen molar-refractivity contribution in [2.45, 2.75) is 20.5 Å². The van der Waals surface area contributed by atoms with E-state index in [9.17, 15) is 0 Å². The van der Waals surface area contributed by atoms with Crippen molar-refractivity contribution >= 4 is 5.95 Å². The lowest BCUT2D eigenvalue weighted by atomic mass is 10.2. The molecule has 0 saturated carbocycles. The molecular formula is C11H19N3O2. The Balaban J connectivity index is 2.80. The van der Waals surface area contributed by atoms with Gasteiger partial charge < -0.3 is 14.7 Å². The third-order valence-electron chi connectivity index (χ3n) is 2.47. The van der Waals surface area contributed by atoms with E-state index in [1.807, 2.05) is 18.7 Å². The van der Waals surface area contributed by atoms with E-state index in [0.717, 1.165) is 24.3 Å². The molecule has 0 unspecified atom stereocenters. The molecule has 0 fully saturated rings. The van der Waals surface area contributed by atoms with Crippen molar-refractivity contribution in [1.29, 1.82) is 0 Å². The Morgan fingerprint density at radius 3 is 2.75 bits per heavy atom. The minimum Gasteiger partial charge on any atom is -0.392 e. The number of aryl methyl sites for hydroxylation is 1. The number of methoxy groups -OCH3 is 1. The summed E-state index contributed by atoms with van der Waals surface area (Å²) < 4.78 is 5.03. The second kappa shape index (κ2) is 6.40. The van der Waals surface area contributed by atoms with E-state index in [2.05, 4.69) is 9.97 Å². The monoisotopic (exact) mass is 225 g/mol. The van der Waals surface area contributed by atoms with E-state index < -0.39 is 0 Å². The van der Waals surface area contributed by atoms with Crippen molar-refractivity contribution in [3.8, 4) is 0 Å². The lowest BCUT2D eigenvalue weighted by Gasteiger charge is -2.20. The van der Waals surface area contributed by atoms with Crippen LogP contribution in [0.3, 0.4) is 0 Å². The highest BCUT2D eigenvalue weighted by atomic mass is 16.5. The van der Waals surface area contributed by atoms with Gasteiger partial charge in [0.15, 0.2) is 0 Å². The maximum Gasteiger partial charge on any atom is 0.225 e. The summed E-state index contributed by atoms with van der Waals surface area (Å²) in [7, 11) is 1.68. The molecule has 0 bridgehead atoms. The molecule has 0 aliphatic carbocycles. The zero-order valence-electron chi connectivity index (χ0n) is 10.1. The molecule has 1 heterocycles. The zero-order chi connectivity index (χ0) is 12.0. The largest absolute Gasteiger partial charge is 0.392 e. The maximum atomic E-state index is 9.03. The van der Waals surface area contributed by atoms with Crippen LogP contribution in [0.1, 0.15) is 18.2 Å². The molecule has 0 spiro atoms. The maximum absolute atomic E-state index is 9.03. The fourth-order valence-electron chi connectivity index (χ4n) is 1.39. The fourth-order valence-corrected chi connectivity index (χ4v) is 1.39. The van der Waals surface area contributed by atoms with Crippen LogP contribution in [-0.2, 0) is 11.3 Å². The van der Waals surface area contributed by atoms with Gasteiger partial charge in [-0.3, -0.25) is 0 Å². The van der Waals surface area contributed by atoms with Gasteiger partial charge >= 0.3 is 0 Å². The van der Waals surface area contributed by atoms with Crippen LogP contribution < -0.4 is 4.90 Å². The van der Waals surface area contributed by atoms with Gasteiger partial charge in [0.1, 0.15) is 0 Å². The molecule has 90 valence electrons. The van der Waals surface area contributed by atoms with Crippen LogP contribution in [0, 0.1) is 6.92 Å². The van der Waals surface area contributed by atoms with Crippen LogP contribution >= 0.6 is 0 Å². The minimum absolute atomic E-state index is 0.0176. The first-order valence-corrected chi connectivity index (χ1v) is 5.40. The number of ether oxygens (including phenoxy) is 1. The Bertz CT molecular complexity index is 331. The lowest BCUT2D eigenvalue weighted by Crippen LogP contribution is -2.28. The van der Waals surface area contributed by atoms with Crippen LogP contribution in [-0.4, -0.2) is 41.9 Å². The number of aromatic nitrogens is 2. The Morgan fingerprint density at radius 2 is 2.25 bits per heavy atom. The van der Waals surface area contributed by atoms with Crippen LogP contribution in [0.15, 0.2) is 6.20 Å². The van der Waals surface area contributed by atoms with E-state index in [4.69, 9.17) is 9.84 Å². The number of anilines is 1. The van der Waals surface area contributed by atoms with Gasteiger partial charge in [-0.25, -0.2) is 9.97 Å². The zero-order valence-corrected chi connectivity index (χ0v) is 10.1. The average Bonchev–Trinajstić information content (AvgIpc) is 2.30. The van der Waals surface area contributed by atoms with Gasteiger partial charge in [-0.05, 0) is 13.8 Å². The van der Waals surface area contributed by atoms with Gasteiger partial charge in [0.05, 0.1) is 13.2 Å². The van der Waals surface area contributed by atoms with Crippen LogP contribution in [0.4, 0.5) is 5.95 Å². The van der Waals surface area contributed by atoms with E-state index >= 15 is 0 Å². The average molecular weight is 225 g/mol. The number of hydrogen-bond acceptors (Lipinski definition) is 5. The van der Waals surface area contributed by atoms with Gasteiger partial charge in [0.25, 0.3) is 0 Å². The summed E-state index contributed by atoms with van der Waals surface area (Å²) in [5.41, 5.74) is 1.59. The molecule has 1 N–H and O–H groups in total. The highest BCUT2D eigenvalue weighted by Crippen LogP contribution is 2.10. The molecule has 1 rings (SSSR count). The fraction of sp³-hybridized carbons (Fsp3) is 0.636.